The fraction of sp³-hybridized carbons (Fsp3) is 0.533. The Morgan fingerprint density at radius 2 is 2.05 bits per heavy atom. The third kappa shape index (κ3) is 3.60. The van der Waals surface area contributed by atoms with Crippen LogP contribution in [0.1, 0.15) is 18.4 Å². The Labute approximate surface area is 130 Å². The molecule has 0 spiro atoms. The molecule has 1 saturated heterocycles. The molecule has 0 amide bonds. The van der Waals surface area contributed by atoms with Crippen molar-refractivity contribution in [2.24, 2.45) is 5.73 Å². The molecule has 0 bridgehead atoms. The predicted molar refractivity (Wildman–Crippen MR) is 83.1 cm³/mol. The Hall–Kier alpha value is -1.46. The van der Waals surface area contributed by atoms with E-state index in [1.807, 2.05) is 12.1 Å². The first-order chi connectivity index (χ1) is 10.1. The molecule has 0 saturated carbocycles. The lowest BCUT2D eigenvalue weighted by molar-refractivity contribution is -0.142. The maximum Gasteiger partial charge on any atom is 0.322 e. The van der Waals surface area contributed by atoms with Gasteiger partial charge in [-0.2, -0.15) is 0 Å². The van der Waals surface area contributed by atoms with E-state index in [0.717, 1.165) is 30.1 Å². The van der Waals surface area contributed by atoms with Gasteiger partial charge in [-0.15, -0.1) is 0 Å². The Morgan fingerprint density at radius 3 is 2.62 bits per heavy atom. The molecule has 5 nitrogen and oxygen atoms in total. The Kier molecular flexibility index (Phi) is 5.31. The maximum atomic E-state index is 11.4. The minimum absolute atomic E-state index is 0.322. The van der Waals surface area contributed by atoms with Crippen molar-refractivity contribution in [3.8, 4) is 5.75 Å². The molecule has 1 fully saturated rings. The Morgan fingerprint density at radius 1 is 1.38 bits per heavy atom. The number of ether oxygens (including phenoxy) is 2. The van der Waals surface area contributed by atoms with Crippen molar-refractivity contribution in [2.75, 3.05) is 32.2 Å². The zero-order chi connectivity index (χ0) is 15.4. The average Bonchev–Trinajstić information content (AvgIpc) is 3.01. The highest BCUT2D eigenvalue weighted by molar-refractivity contribution is 6.31. The molecule has 1 atom stereocenters. The van der Waals surface area contributed by atoms with E-state index >= 15 is 0 Å². The molecule has 2 N–H and O–H groups in total. The Balaban J connectivity index is 2.25. The summed E-state index contributed by atoms with van der Waals surface area (Å²) in [5.74, 6) is 0.307. The van der Waals surface area contributed by atoms with E-state index in [4.69, 9.17) is 22.1 Å². The first-order valence-corrected chi connectivity index (χ1v) is 7.39. The Bertz CT molecular complexity index is 516. The number of halogens is 1. The molecular weight excluding hydrogens is 292 g/mol. The van der Waals surface area contributed by atoms with Gasteiger partial charge in [-0.25, -0.2) is 0 Å². The molecule has 2 rings (SSSR count). The molecule has 1 aliphatic heterocycles. The van der Waals surface area contributed by atoms with Gasteiger partial charge in [-0.05, 0) is 37.0 Å². The van der Waals surface area contributed by atoms with Gasteiger partial charge in [-0.3, -0.25) is 4.79 Å². The van der Waals surface area contributed by atoms with Crippen LogP contribution in [-0.4, -0.2) is 39.3 Å². The van der Waals surface area contributed by atoms with E-state index in [2.05, 4.69) is 9.64 Å². The largest absolute Gasteiger partial charge is 0.495 e. The second kappa shape index (κ2) is 7.00. The third-order valence-electron chi connectivity index (χ3n) is 3.74. The fourth-order valence-electron chi connectivity index (χ4n) is 2.58. The second-order valence-electron chi connectivity index (χ2n) is 5.14. The smallest absolute Gasteiger partial charge is 0.322 e. The predicted octanol–water partition coefficient (Wildman–Crippen LogP) is 1.99. The molecule has 1 aromatic carbocycles. The van der Waals surface area contributed by atoms with Crippen molar-refractivity contribution in [2.45, 2.75) is 25.3 Å². The number of carbonyl (C=O) groups excluding carboxylic acids is 1. The summed E-state index contributed by atoms with van der Waals surface area (Å²) in [6.45, 7) is 2.02. The van der Waals surface area contributed by atoms with Gasteiger partial charge in [-0.1, -0.05) is 11.6 Å². The van der Waals surface area contributed by atoms with Crippen LogP contribution >= 0.6 is 11.6 Å². The summed E-state index contributed by atoms with van der Waals surface area (Å²) in [5, 5.41) is 0.594. The number of hydrogen-bond donors (Lipinski definition) is 1. The summed E-state index contributed by atoms with van der Waals surface area (Å²) in [4.78, 5) is 13.7. The molecule has 21 heavy (non-hydrogen) atoms. The number of methoxy groups -OCH3 is 2. The van der Waals surface area contributed by atoms with Crippen LogP contribution in [0.2, 0.25) is 5.02 Å². The first-order valence-electron chi connectivity index (χ1n) is 7.01. The standard InChI is InChI=1S/C15H21ClN2O3/c1-20-14-8-10(7-12(17)15(19)21-2)11(16)9-13(14)18-5-3-4-6-18/h8-9,12H,3-7,17H2,1-2H3. The maximum absolute atomic E-state index is 11.4. The number of carbonyl (C=O) groups is 1. The van der Waals surface area contributed by atoms with Gasteiger partial charge in [0.05, 0.1) is 19.9 Å². The lowest BCUT2D eigenvalue weighted by atomic mass is 10.0. The van der Waals surface area contributed by atoms with Gasteiger partial charge < -0.3 is 20.1 Å². The minimum atomic E-state index is -0.727. The van der Waals surface area contributed by atoms with E-state index < -0.39 is 12.0 Å². The van der Waals surface area contributed by atoms with E-state index in [0.29, 0.717) is 11.4 Å². The quantitative estimate of drug-likeness (QED) is 0.842. The van der Waals surface area contributed by atoms with Crippen LogP contribution in [0, 0.1) is 0 Å². The van der Waals surface area contributed by atoms with Crippen LogP contribution in [0.15, 0.2) is 12.1 Å². The lowest BCUT2D eigenvalue weighted by Gasteiger charge is -2.22. The van der Waals surface area contributed by atoms with Crippen molar-refractivity contribution in [1.29, 1.82) is 0 Å². The third-order valence-corrected chi connectivity index (χ3v) is 4.09. The second-order valence-corrected chi connectivity index (χ2v) is 5.55. The number of benzene rings is 1. The summed E-state index contributed by atoms with van der Waals surface area (Å²) in [5.41, 5.74) is 7.58. The molecule has 116 valence electrons. The van der Waals surface area contributed by atoms with E-state index in [9.17, 15) is 4.79 Å². The number of nitrogens with zero attached hydrogens (tertiary/aromatic N) is 1. The lowest BCUT2D eigenvalue weighted by Crippen LogP contribution is -2.33. The number of rotatable bonds is 5. The van der Waals surface area contributed by atoms with Crippen molar-refractivity contribution in [3.05, 3.63) is 22.7 Å². The van der Waals surface area contributed by atoms with Crippen LogP contribution in [0.3, 0.4) is 0 Å². The van der Waals surface area contributed by atoms with Gasteiger partial charge >= 0.3 is 5.97 Å². The van der Waals surface area contributed by atoms with E-state index in [1.54, 1.807) is 7.11 Å². The summed E-state index contributed by atoms with van der Waals surface area (Å²) in [6.07, 6.45) is 2.67. The van der Waals surface area contributed by atoms with Crippen molar-refractivity contribution in [3.63, 3.8) is 0 Å². The van der Waals surface area contributed by atoms with Crippen LogP contribution in [-0.2, 0) is 16.0 Å². The average molecular weight is 313 g/mol. The van der Waals surface area contributed by atoms with Crippen molar-refractivity contribution >= 4 is 23.3 Å². The minimum Gasteiger partial charge on any atom is -0.495 e. The van der Waals surface area contributed by atoms with Crippen LogP contribution in [0.25, 0.3) is 0 Å². The summed E-state index contributed by atoms with van der Waals surface area (Å²) >= 11 is 6.34. The van der Waals surface area contributed by atoms with Gasteiger partial charge in [0.25, 0.3) is 0 Å². The monoisotopic (exact) mass is 312 g/mol. The fourth-order valence-corrected chi connectivity index (χ4v) is 2.82. The number of esters is 1. The summed E-state index contributed by atoms with van der Waals surface area (Å²) in [6, 6.07) is 3.03. The number of nitrogens with two attached hydrogens (primary N) is 1. The SMILES string of the molecule is COC(=O)C(N)Cc1cc(OC)c(N2CCCC2)cc1Cl. The molecule has 0 radical (unpaired) electrons. The number of hydrogen-bond acceptors (Lipinski definition) is 5. The van der Waals surface area contributed by atoms with Crippen molar-refractivity contribution in [1.82, 2.24) is 0 Å². The first kappa shape index (κ1) is 15.9. The van der Waals surface area contributed by atoms with E-state index in [1.165, 1.54) is 20.0 Å². The van der Waals surface area contributed by atoms with Gasteiger partial charge in [0.1, 0.15) is 11.8 Å². The molecule has 1 aromatic rings. The molecule has 1 aliphatic rings. The van der Waals surface area contributed by atoms with Gasteiger partial charge in [0.15, 0.2) is 0 Å². The van der Waals surface area contributed by atoms with Crippen LogP contribution in [0.5, 0.6) is 5.75 Å². The van der Waals surface area contributed by atoms with Crippen LogP contribution < -0.4 is 15.4 Å². The van der Waals surface area contributed by atoms with Gasteiger partial charge in [0.2, 0.25) is 0 Å². The normalized spacial score (nSPS) is 15.9. The zero-order valence-corrected chi connectivity index (χ0v) is 13.2. The van der Waals surface area contributed by atoms with Gasteiger partial charge in [0, 0.05) is 18.1 Å². The molecular formula is C15H21ClN2O3. The topological polar surface area (TPSA) is 64.8 Å². The molecule has 6 heteroatoms. The highest BCUT2D eigenvalue weighted by Gasteiger charge is 2.21. The molecule has 0 aliphatic carbocycles. The van der Waals surface area contributed by atoms with Crippen molar-refractivity contribution < 1.29 is 14.3 Å². The molecule has 0 aromatic heterocycles. The summed E-state index contributed by atoms with van der Waals surface area (Å²) in [7, 11) is 2.95. The molecule has 1 unspecified atom stereocenters. The summed E-state index contributed by atoms with van der Waals surface area (Å²) < 4.78 is 10.1. The highest BCUT2D eigenvalue weighted by atomic mass is 35.5. The van der Waals surface area contributed by atoms with E-state index in [-0.39, 0.29) is 0 Å². The molecule has 1 heterocycles. The van der Waals surface area contributed by atoms with Crippen LogP contribution in [0.4, 0.5) is 5.69 Å². The number of anilines is 1. The highest BCUT2D eigenvalue weighted by Crippen LogP contribution is 2.36. The zero-order valence-electron chi connectivity index (χ0n) is 12.4.